The van der Waals surface area contributed by atoms with Crippen molar-refractivity contribution in [3.05, 3.63) is 376 Å². The molecule has 6 aromatic heterocycles. The minimum Gasteiger partial charge on any atom is -0.309 e. The van der Waals surface area contributed by atoms with Crippen LogP contribution in [0.4, 0.5) is 0 Å². The summed E-state index contributed by atoms with van der Waals surface area (Å²) in [7, 11) is 0. The minimum absolute atomic E-state index is 0.915. The first-order chi connectivity index (χ1) is 52.5. The van der Waals surface area contributed by atoms with Crippen LogP contribution in [-0.2, 0) is 0 Å². The van der Waals surface area contributed by atoms with Crippen molar-refractivity contribution in [3.8, 4) is 78.4 Å². The Bertz CT molecular complexity index is 7310. The van der Waals surface area contributed by atoms with Crippen LogP contribution in [0.5, 0.6) is 0 Å². The summed E-state index contributed by atoms with van der Waals surface area (Å²) in [6.07, 6.45) is 0. The first-order valence-electron chi connectivity index (χ1n) is 36.2. The predicted octanol–water partition coefficient (Wildman–Crippen LogP) is 26.4. The van der Waals surface area contributed by atoms with Crippen molar-refractivity contribution in [1.29, 1.82) is 0 Å². The van der Waals surface area contributed by atoms with Crippen LogP contribution >= 0.6 is 0 Å². The van der Waals surface area contributed by atoms with E-state index in [1.54, 1.807) is 0 Å². The number of rotatable bonds is 8. The Labute approximate surface area is 610 Å². The van der Waals surface area contributed by atoms with Crippen molar-refractivity contribution < 1.29 is 0 Å². The predicted molar refractivity (Wildman–Crippen MR) is 445 cm³/mol. The van der Waals surface area contributed by atoms with Crippen LogP contribution in [0.1, 0.15) is 0 Å². The molecule has 22 rings (SSSR count). The number of fused-ring (bicyclic) bond motifs is 16. The lowest BCUT2D eigenvalue weighted by Gasteiger charge is -2.13. The molecular weight excluding hydrogens is 1290 g/mol. The molecule has 0 N–H and O–H groups in total. The van der Waals surface area contributed by atoms with Gasteiger partial charge in [0.05, 0.1) is 66.6 Å². The maximum absolute atomic E-state index is 5.32. The zero-order chi connectivity index (χ0) is 69.8. The quantitative estimate of drug-likeness (QED) is 0.112. The molecule has 0 saturated carbocycles. The van der Waals surface area contributed by atoms with E-state index in [9.17, 15) is 0 Å². The third-order valence-electron chi connectivity index (χ3n) is 21.4. The van der Waals surface area contributed by atoms with Crippen LogP contribution in [0.25, 0.3) is 209 Å². The molecule has 6 nitrogen and oxygen atoms in total. The SMILES string of the molecule is c1ccc(-c2c3ccccc3nc3c2ccc2ccc(-c4ccc5cc6cc(-c7ccc8c(c7)c7ccccc7n8-c7ccccc7)ccc6cc5c4)nc23)cc1.c1ccc(-c2c3ccccc3nc3c2ccc2ccc(-c4cccc(-c5ccc6c(c5)c5ccccc5n6-c5ccccc5)c4)nc23)cc1. The summed E-state index contributed by atoms with van der Waals surface area (Å²) in [5.74, 6) is 0. The number of para-hydroxylation sites is 6. The average Bonchev–Trinajstić information content (AvgIpc) is 1.74. The molecule has 6 heteroatoms. The van der Waals surface area contributed by atoms with Gasteiger partial charge in [-0.15, -0.1) is 0 Å². The van der Waals surface area contributed by atoms with E-state index < -0.39 is 0 Å². The minimum atomic E-state index is 0.915. The summed E-state index contributed by atoms with van der Waals surface area (Å²) >= 11 is 0. The number of hydrogen-bond donors (Lipinski definition) is 0. The zero-order valence-electron chi connectivity index (χ0n) is 57.5. The second kappa shape index (κ2) is 24.8. The fourth-order valence-corrected chi connectivity index (χ4v) is 16.4. The Kier molecular flexibility index (Phi) is 14.2. The molecule has 0 atom stereocenters. The van der Waals surface area contributed by atoms with Gasteiger partial charge in [0.15, 0.2) is 0 Å². The van der Waals surface area contributed by atoms with E-state index >= 15 is 0 Å². The molecular formula is C100H62N6. The normalized spacial score (nSPS) is 11.8. The molecule has 0 saturated heterocycles. The van der Waals surface area contributed by atoms with E-state index in [1.807, 2.05) is 0 Å². The standard InChI is InChI=1S/C54H33N3.C46H29N3/c1-3-11-34(12-4-1)52-45-16-7-9-17-49(45)56-54-46(52)26-23-35-24-27-48(55-53(35)54)40-22-21-38-30-41-29-36(19-20-37(41)31-42(38)32-40)39-25-28-51-47(33-39)44-15-8-10-18-50(44)57(51)43-13-5-2-6-14-43;1-3-12-30(13-4-1)44-37-19-7-9-20-41(37)48-46-38(44)25-22-31-23-26-40(47-45(31)46)34-15-11-14-32(28-34)33-24-27-43-39(29-33)36-18-8-10-21-42(36)49(43)35-16-5-2-6-17-35/h1-33H;1-29H. The largest absolute Gasteiger partial charge is 0.309 e. The molecule has 0 spiro atoms. The summed E-state index contributed by atoms with van der Waals surface area (Å²) in [5.41, 5.74) is 26.3. The molecule has 0 unspecified atom stereocenters. The first kappa shape index (κ1) is 60.6. The lowest BCUT2D eigenvalue weighted by molar-refractivity contribution is 1.18. The summed E-state index contributed by atoms with van der Waals surface area (Å²) in [6.45, 7) is 0. The summed E-state index contributed by atoms with van der Waals surface area (Å²) in [6, 6.07) is 135. The monoisotopic (exact) mass is 1350 g/mol. The number of nitrogens with zero attached hydrogens (tertiary/aromatic N) is 6. The van der Waals surface area contributed by atoms with Gasteiger partial charge in [0, 0.05) is 87.5 Å². The summed E-state index contributed by atoms with van der Waals surface area (Å²) in [4.78, 5) is 21.1. The molecule has 22 aromatic rings. The van der Waals surface area contributed by atoms with Gasteiger partial charge >= 0.3 is 0 Å². The second-order valence-electron chi connectivity index (χ2n) is 27.6. The van der Waals surface area contributed by atoms with Gasteiger partial charge in [-0.05, 0) is 170 Å². The number of hydrogen-bond acceptors (Lipinski definition) is 4. The van der Waals surface area contributed by atoms with Gasteiger partial charge in [0.1, 0.15) is 0 Å². The molecule has 0 fully saturated rings. The van der Waals surface area contributed by atoms with E-state index in [0.717, 1.165) is 99.2 Å². The van der Waals surface area contributed by atoms with Crippen molar-refractivity contribution >= 4 is 131 Å². The lowest BCUT2D eigenvalue weighted by atomic mass is 9.95. The Morgan fingerprint density at radius 2 is 0.519 bits per heavy atom. The molecule has 0 aliphatic carbocycles. The number of pyridine rings is 4. The maximum Gasteiger partial charge on any atom is 0.0978 e. The van der Waals surface area contributed by atoms with Gasteiger partial charge in [-0.25, -0.2) is 19.9 Å². The van der Waals surface area contributed by atoms with Gasteiger partial charge < -0.3 is 9.13 Å². The van der Waals surface area contributed by atoms with Gasteiger partial charge in [0.2, 0.25) is 0 Å². The van der Waals surface area contributed by atoms with E-state index in [4.69, 9.17) is 19.9 Å². The Balaban J connectivity index is 0.000000138. The molecule has 0 bridgehead atoms. The van der Waals surface area contributed by atoms with Crippen molar-refractivity contribution in [2.45, 2.75) is 0 Å². The van der Waals surface area contributed by atoms with E-state index in [0.29, 0.717) is 0 Å². The molecule has 6 heterocycles. The molecule has 0 amide bonds. The molecule has 0 radical (unpaired) electrons. The molecule has 106 heavy (non-hydrogen) atoms. The van der Waals surface area contributed by atoms with Gasteiger partial charge in [-0.1, -0.05) is 261 Å². The fraction of sp³-hybridized carbons (Fsp3) is 0. The van der Waals surface area contributed by atoms with Crippen LogP contribution in [0.15, 0.2) is 376 Å². The molecule has 0 aliphatic heterocycles. The average molecular weight is 1350 g/mol. The van der Waals surface area contributed by atoms with Crippen molar-refractivity contribution in [3.63, 3.8) is 0 Å². The highest BCUT2D eigenvalue weighted by Gasteiger charge is 2.20. The zero-order valence-corrected chi connectivity index (χ0v) is 57.5. The van der Waals surface area contributed by atoms with E-state index in [2.05, 4.69) is 385 Å². The number of benzene rings is 16. The number of aromatic nitrogens is 6. The van der Waals surface area contributed by atoms with Gasteiger partial charge in [-0.2, -0.15) is 0 Å². The van der Waals surface area contributed by atoms with Crippen LogP contribution < -0.4 is 0 Å². The van der Waals surface area contributed by atoms with Crippen LogP contribution in [0.3, 0.4) is 0 Å². The Morgan fingerprint density at radius 1 is 0.170 bits per heavy atom. The van der Waals surface area contributed by atoms with Gasteiger partial charge in [0.25, 0.3) is 0 Å². The molecule has 492 valence electrons. The fourth-order valence-electron chi connectivity index (χ4n) is 16.4. The topological polar surface area (TPSA) is 61.4 Å². The third kappa shape index (κ3) is 10.2. The van der Waals surface area contributed by atoms with Crippen LogP contribution in [0.2, 0.25) is 0 Å². The first-order valence-corrected chi connectivity index (χ1v) is 36.2. The Morgan fingerprint density at radius 3 is 1.02 bits per heavy atom. The van der Waals surface area contributed by atoms with E-state index in [-0.39, 0.29) is 0 Å². The highest BCUT2D eigenvalue weighted by molar-refractivity contribution is 6.19. The highest BCUT2D eigenvalue weighted by Crippen LogP contribution is 2.43. The summed E-state index contributed by atoms with van der Waals surface area (Å²) < 4.78 is 4.72. The van der Waals surface area contributed by atoms with Crippen molar-refractivity contribution in [2.24, 2.45) is 0 Å². The van der Waals surface area contributed by atoms with Gasteiger partial charge in [-0.3, -0.25) is 0 Å². The van der Waals surface area contributed by atoms with Crippen molar-refractivity contribution in [1.82, 2.24) is 29.1 Å². The maximum atomic E-state index is 5.32. The third-order valence-corrected chi connectivity index (χ3v) is 21.4. The van der Waals surface area contributed by atoms with E-state index in [1.165, 1.54) is 110 Å². The van der Waals surface area contributed by atoms with Crippen LogP contribution in [-0.4, -0.2) is 29.1 Å². The second-order valence-corrected chi connectivity index (χ2v) is 27.6. The van der Waals surface area contributed by atoms with Crippen molar-refractivity contribution in [2.75, 3.05) is 0 Å². The molecule has 16 aromatic carbocycles. The van der Waals surface area contributed by atoms with Crippen LogP contribution in [0, 0.1) is 0 Å². The summed E-state index contributed by atoms with van der Waals surface area (Å²) in [5, 5.41) is 16.5. The lowest BCUT2D eigenvalue weighted by Crippen LogP contribution is -1.93. The molecule has 0 aliphatic rings. The highest BCUT2D eigenvalue weighted by atomic mass is 15.0. The smallest absolute Gasteiger partial charge is 0.0978 e. The Hall–Kier alpha value is -14.2.